The van der Waals surface area contributed by atoms with Crippen molar-refractivity contribution in [3.8, 4) is 0 Å². The third-order valence-electron chi connectivity index (χ3n) is 5.64. The number of benzene rings is 1. The summed E-state index contributed by atoms with van der Waals surface area (Å²) in [6.07, 6.45) is 8.72. The number of hydrogen-bond acceptors (Lipinski definition) is 4. The van der Waals surface area contributed by atoms with Gasteiger partial charge < -0.3 is 14.6 Å². The first kappa shape index (κ1) is 17.7. The molecule has 0 saturated carbocycles. The summed E-state index contributed by atoms with van der Waals surface area (Å²) >= 11 is 0. The van der Waals surface area contributed by atoms with Crippen molar-refractivity contribution >= 4 is 0 Å². The van der Waals surface area contributed by atoms with Crippen LogP contribution in [0.15, 0.2) is 42.7 Å². The van der Waals surface area contributed by atoms with E-state index in [1.54, 1.807) is 0 Å². The van der Waals surface area contributed by atoms with E-state index < -0.39 is 0 Å². The minimum absolute atomic E-state index is 0.0632. The molecular formula is C21H30N4O. The van der Waals surface area contributed by atoms with E-state index in [1.807, 2.05) is 12.4 Å². The van der Waals surface area contributed by atoms with Gasteiger partial charge in [0.15, 0.2) is 0 Å². The molecule has 5 heteroatoms. The van der Waals surface area contributed by atoms with Gasteiger partial charge in [-0.25, -0.2) is 4.98 Å². The van der Waals surface area contributed by atoms with Crippen LogP contribution in [0.2, 0.25) is 0 Å². The molecule has 2 aliphatic heterocycles. The van der Waals surface area contributed by atoms with E-state index in [-0.39, 0.29) is 6.10 Å². The zero-order chi connectivity index (χ0) is 17.8. The minimum Gasteiger partial charge on any atom is -0.369 e. The summed E-state index contributed by atoms with van der Waals surface area (Å²) < 4.78 is 8.21. The van der Waals surface area contributed by atoms with Crippen LogP contribution < -0.4 is 5.32 Å². The van der Waals surface area contributed by atoms with Crippen molar-refractivity contribution in [3.05, 3.63) is 54.1 Å². The second-order valence-corrected chi connectivity index (χ2v) is 7.66. The molecule has 0 unspecified atom stereocenters. The summed E-state index contributed by atoms with van der Waals surface area (Å²) in [5, 5.41) is 3.92. The molecule has 0 amide bonds. The summed E-state index contributed by atoms with van der Waals surface area (Å²) in [6, 6.07) is 11.7. The van der Waals surface area contributed by atoms with E-state index in [2.05, 4.69) is 57.1 Å². The Balaban J connectivity index is 1.38. The number of nitrogens with one attached hydrogen (secondary N) is 1. The number of rotatable bonds is 5. The lowest BCUT2D eigenvalue weighted by Crippen LogP contribution is -2.51. The summed E-state index contributed by atoms with van der Waals surface area (Å²) in [5.41, 5.74) is 1.40. The van der Waals surface area contributed by atoms with Crippen molar-refractivity contribution in [2.24, 2.45) is 7.05 Å². The number of ether oxygens (including phenoxy) is 1. The van der Waals surface area contributed by atoms with E-state index >= 15 is 0 Å². The van der Waals surface area contributed by atoms with Crippen molar-refractivity contribution in [2.75, 3.05) is 19.7 Å². The fraction of sp³-hybridized carbons (Fsp3) is 0.571. The zero-order valence-electron chi connectivity index (χ0n) is 15.7. The normalized spacial score (nSPS) is 27.5. The molecule has 1 N–H and O–H groups in total. The Kier molecular flexibility index (Phi) is 5.68. The number of hydrogen-bond donors (Lipinski definition) is 1. The van der Waals surface area contributed by atoms with Gasteiger partial charge in [0.2, 0.25) is 0 Å². The van der Waals surface area contributed by atoms with Crippen LogP contribution in [0.1, 0.15) is 43.2 Å². The maximum atomic E-state index is 6.12. The van der Waals surface area contributed by atoms with Crippen LogP contribution in [0.4, 0.5) is 0 Å². The molecule has 3 heterocycles. The number of piperidine rings is 1. The van der Waals surface area contributed by atoms with E-state index in [9.17, 15) is 0 Å². The monoisotopic (exact) mass is 354 g/mol. The van der Waals surface area contributed by atoms with Gasteiger partial charge in [0.1, 0.15) is 11.9 Å². The van der Waals surface area contributed by atoms with Crippen LogP contribution in [0, 0.1) is 0 Å². The lowest BCUT2D eigenvalue weighted by molar-refractivity contribution is -0.0232. The largest absolute Gasteiger partial charge is 0.369 e. The molecule has 2 aromatic rings. The third-order valence-corrected chi connectivity index (χ3v) is 5.64. The lowest BCUT2D eigenvalue weighted by atomic mass is 9.97. The van der Waals surface area contributed by atoms with Crippen LogP contribution in [-0.2, 0) is 18.3 Å². The molecule has 0 bridgehead atoms. The van der Waals surface area contributed by atoms with Gasteiger partial charge >= 0.3 is 0 Å². The van der Waals surface area contributed by atoms with E-state index in [4.69, 9.17) is 4.74 Å². The molecule has 3 atom stereocenters. The van der Waals surface area contributed by atoms with Gasteiger partial charge in [-0.2, -0.15) is 0 Å². The van der Waals surface area contributed by atoms with Crippen LogP contribution in [-0.4, -0.2) is 46.2 Å². The third kappa shape index (κ3) is 4.17. The number of aromatic nitrogens is 2. The highest BCUT2D eigenvalue weighted by Gasteiger charge is 2.32. The Labute approximate surface area is 156 Å². The number of aryl methyl sites for hydroxylation is 1. The number of imidazole rings is 1. The van der Waals surface area contributed by atoms with E-state index in [0.717, 1.165) is 38.4 Å². The van der Waals surface area contributed by atoms with Crippen molar-refractivity contribution in [3.63, 3.8) is 0 Å². The van der Waals surface area contributed by atoms with Gasteiger partial charge in [-0.1, -0.05) is 30.3 Å². The highest BCUT2D eigenvalue weighted by atomic mass is 16.5. The Morgan fingerprint density at radius 3 is 2.88 bits per heavy atom. The van der Waals surface area contributed by atoms with E-state index in [1.165, 1.54) is 24.9 Å². The predicted octanol–water partition coefficient (Wildman–Crippen LogP) is 2.89. The van der Waals surface area contributed by atoms with Gasteiger partial charge in [0.05, 0.1) is 0 Å². The van der Waals surface area contributed by atoms with Crippen molar-refractivity contribution < 1.29 is 4.74 Å². The molecule has 1 aromatic heterocycles. The first-order valence-electron chi connectivity index (χ1n) is 9.91. The van der Waals surface area contributed by atoms with Crippen LogP contribution in [0.5, 0.6) is 0 Å². The molecule has 2 saturated heterocycles. The summed E-state index contributed by atoms with van der Waals surface area (Å²) in [5.74, 6) is 1.04. The summed E-state index contributed by atoms with van der Waals surface area (Å²) in [6.45, 7) is 4.18. The van der Waals surface area contributed by atoms with Gasteiger partial charge in [-0.05, 0) is 37.8 Å². The van der Waals surface area contributed by atoms with Crippen LogP contribution in [0.3, 0.4) is 0 Å². The molecule has 26 heavy (non-hydrogen) atoms. The Morgan fingerprint density at radius 1 is 1.19 bits per heavy atom. The molecule has 2 fully saturated rings. The average molecular weight is 354 g/mol. The molecular weight excluding hydrogens is 324 g/mol. The first-order valence-corrected chi connectivity index (χ1v) is 9.91. The van der Waals surface area contributed by atoms with Crippen molar-refractivity contribution in [2.45, 2.75) is 50.4 Å². The maximum Gasteiger partial charge on any atom is 0.139 e. The van der Waals surface area contributed by atoms with Crippen molar-refractivity contribution in [1.82, 2.24) is 19.8 Å². The second-order valence-electron chi connectivity index (χ2n) is 7.66. The molecule has 0 spiro atoms. The van der Waals surface area contributed by atoms with Gasteiger partial charge in [-0.3, -0.25) is 4.90 Å². The highest BCUT2D eigenvalue weighted by molar-refractivity contribution is 5.14. The molecule has 5 nitrogen and oxygen atoms in total. The number of nitrogens with zero attached hydrogens (tertiary/aromatic N) is 3. The number of likely N-dealkylation sites (tertiary alicyclic amines) is 1. The zero-order valence-corrected chi connectivity index (χ0v) is 15.7. The first-order chi connectivity index (χ1) is 12.8. The fourth-order valence-electron chi connectivity index (χ4n) is 4.34. The highest BCUT2D eigenvalue weighted by Crippen LogP contribution is 2.28. The summed E-state index contributed by atoms with van der Waals surface area (Å²) in [7, 11) is 2.06. The minimum atomic E-state index is 0.0632. The average Bonchev–Trinajstić information content (AvgIpc) is 3.09. The van der Waals surface area contributed by atoms with Crippen LogP contribution in [0.25, 0.3) is 0 Å². The standard InChI is InChI=1S/C21H30N4O/c1-24-13-11-22-21(24)20-19(10-6-14-26-20)23-18-9-5-12-25(16-18)15-17-7-3-2-4-8-17/h2-4,7-8,11,13,18-20,23H,5-6,9-10,12,14-16H2,1H3/t18-,19-,20-/m0/s1. The molecule has 0 radical (unpaired) electrons. The van der Waals surface area contributed by atoms with Gasteiger partial charge in [0.25, 0.3) is 0 Å². The van der Waals surface area contributed by atoms with E-state index in [0.29, 0.717) is 12.1 Å². The molecule has 0 aliphatic carbocycles. The SMILES string of the molecule is Cn1ccnc1[C@H]1OCCC[C@@H]1N[C@H]1CCCN(Cc2ccccc2)C1. The molecule has 2 aliphatic rings. The van der Waals surface area contributed by atoms with Crippen molar-refractivity contribution in [1.29, 1.82) is 0 Å². The lowest BCUT2D eigenvalue weighted by Gasteiger charge is -2.39. The van der Waals surface area contributed by atoms with Gasteiger partial charge in [0, 0.05) is 51.2 Å². The second kappa shape index (κ2) is 8.33. The fourth-order valence-corrected chi connectivity index (χ4v) is 4.34. The Bertz CT molecular complexity index is 686. The quantitative estimate of drug-likeness (QED) is 0.897. The molecule has 1 aromatic carbocycles. The molecule has 4 rings (SSSR count). The van der Waals surface area contributed by atoms with Crippen LogP contribution >= 0.6 is 0 Å². The van der Waals surface area contributed by atoms with Gasteiger partial charge in [-0.15, -0.1) is 0 Å². The smallest absolute Gasteiger partial charge is 0.139 e. The molecule has 140 valence electrons. The maximum absolute atomic E-state index is 6.12. The Morgan fingerprint density at radius 2 is 2.08 bits per heavy atom. The topological polar surface area (TPSA) is 42.3 Å². The predicted molar refractivity (Wildman–Crippen MR) is 103 cm³/mol. The Hall–Kier alpha value is -1.69. The summed E-state index contributed by atoms with van der Waals surface area (Å²) in [4.78, 5) is 7.12.